The number of likely N-dealkylation sites (tertiary alicyclic amines) is 1. The van der Waals surface area contributed by atoms with Crippen LogP contribution in [-0.2, 0) is 10.9 Å². The fourth-order valence-electron chi connectivity index (χ4n) is 4.13. The van der Waals surface area contributed by atoms with E-state index in [1.807, 2.05) is 12.1 Å². The summed E-state index contributed by atoms with van der Waals surface area (Å²) in [5, 5.41) is 3.16. The predicted octanol–water partition coefficient (Wildman–Crippen LogP) is 4.73. The van der Waals surface area contributed by atoms with Crippen molar-refractivity contribution >= 4 is 17.9 Å². The molecule has 2 heterocycles. The number of carbonyl (C=O) groups excluding carboxylic acids is 1. The standard InChI is InChI=1S/C22H23F3N2O2S/c23-22(24,25)19-7-1-15(2-8-19)16-9-11-27(12-10-16)20(28)17-3-5-18(6-4-17)21(30-29)13-26-14-21/h1-8,16,26,29H,9-14H2. The molecule has 2 aliphatic rings. The van der Waals surface area contributed by atoms with Gasteiger partial charge in [-0.2, -0.15) is 13.2 Å². The molecule has 0 aromatic heterocycles. The summed E-state index contributed by atoms with van der Waals surface area (Å²) in [5.41, 5.74) is 1.85. The third kappa shape index (κ3) is 4.08. The lowest BCUT2D eigenvalue weighted by Gasteiger charge is -2.40. The van der Waals surface area contributed by atoms with Gasteiger partial charge in [0.25, 0.3) is 5.91 Å². The molecule has 2 aliphatic heterocycles. The summed E-state index contributed by atoms with van der Waals surface area (Å²) >= 11 is 0.834. The molecule has 0 bridgehead atoms. The van der Waals surface area contributed by atoms with Crippen molar-refractivity contribution in [2.24, 2.45) is 0 Å². The Morgan fingerprint density at radius 2 is 1.63 bits per heavy atom. The van der Waals surface area contributed by atoms with Crippen molar-refractivity contribution in [2.75, 3.05) is 26.2 Å². The van der Waals surface area contributed by atoms with Gasteiger partial charge in [0.15, 0.2) is 0 Å². The Morgan fingerprint density at radius 1 is 1.03 bits per heavy atom. The van der Waals surface area contributed by atoms with Crippen LogP contribution in [0.4, 0.5) is 13.2 Å². The molecule has 2 aromatic carbocycles. The highest BCUT2D eigenvalue weighted by atomic mass is 32.2. The molecular weight excluding hydrogens is 413 g/mol. The Labute approximate surface area is 177 Å². The van der Waals surface area contributed by atoms with Crippen molar-refractivity contribution in [3.05, 3.63) is 70.8 Å². The van der Waals surface area contributed by atoms with E-state index in [2.05, 4.69) is 5.32 Å². The molecule has 8 heteroatoms. The molecule has 0 aliphatic carbocycles. The summed E-state index contributed by atoms with van der Waals surface area (Å²) < 4.78 is 47.5. The lowest BCUT2D eigenvalue weighted by atomic mass is 9.88. The van der Waals surface area contributed by atoms with Crippen LogP contribution in [-0.4, -0.2) is 41.5 Å². The first kappa shape index (κ1) is 21.2. The van der Waals surface area contributed by atoms with E-state index in [1.165, 1.54) is 0 Å². The monoisotopic (exact) mass is 436 g/mol. The van der Waals surface area contributed by atoms with Crippen LogP contribution in [0.3, 0.4) is 0 Å². The van der Waals surface area contributed by atoms with Crippen molar-refractivity contribution in [1.82, 2.24) is 10.2 Å². The van der Waals surface area contributed by atoms with Gasteiger partial charge in [-0.1, -0.05) is 24.3 Å². The fourth-order valence-corrected chi connectivity index (χ4v) is 4.71. The Bertz CT molecular complexity index is 883. The molecule has 1 amide bonds. The van der Waals surface area contributed by atoms with Gasteiger partial charge in [-0.25, -0.2) is 0 Å². The second-order valence-electron chi connectivity index (χ2n) is 7.95. The normalized spacial score (nSPS) is 19.4. The van der Waals surface area contributed by atoms with Gasteiger partial charge in [-0.15, -0.1) is 0 Å². The van der Waals surface area contributed by atoms with Crippen LogP contribution < -0.4 is 5.32 Å². The molecule has 2 N–H and O–H groups in total. The molecule has 30 heavy (non-hydrogen) atoms. The first-order chi connectivity index (χ1) is 14.3. The lowest BCUT2D eigenvalue weighted by molar-refractivity contribution is -0.137. The zero-order valence-electron chi connectivity index (χ0n) is 16.3. The summed E-state index contributed by atoms with van der Waals surface area (Å²) in [6.45, 7) is 2.54. The number of alkyl halides is 3. The van der Waals surface area contributed by atoms with Crippen LogP contribution in [0.1, 0.15) is 45.8 Å². The highest BCUT2D eigenvalue weighted by Gasteiger charge is 2.39. The number of hydrogen-bond acceptors (Lipinski definition) is 4. The summed E-state index contributed by atoms with van der Waals surface area (Å²) in [6, 6.07) is 12.7. The van der Waals surface area contributed by atoms with Crippen molar-refractivity contribution in [3.8, 4) is 0 Å². The molecule has 0 unspecified atom stereocenters. The summed E-state index contributed by atoms with van der Waals surface area (Å²) in [7, 11) is 0. The number of piperidine rings is 1. The Hall–Kier alpha value is -2.03. The predicted molar refractivity (Wildman–Crippen MR) is 111 cm³/mol. The first-order valence-electron chi connectivity index (χ1n) is 9.93. The minimum Gasteiger partial charge on any atom is -0.339 e. The minimum atomic E-state index is -4.32. The van der Waals surface area contributed by atoms with Gasteiger partial charge in [-0.3, -0.25) is 4.79 Å². The highest BCUT2D eigenvalue weighted by molar-refractivity contribution is 7.94. The number of hydrogen-bond donors (Lipinski definition) is 2. The SMILES string of the molecule is O=C(c1ccc(C2(SO)CNC2)cc1)N1CCC(c2ccc(C(F)(F)F)cc2)CC1. The Morgan fingerprint density at radius 3 is 2.10 bits per heavy atom. The fraction of sp³-hybridized carbons (Fsp3) is 0.409. The third-order valence-corrected chi connectivity index (χ3v) is 7.02. The van der Waals surface area contributed by atoms with Crippen LogP contribution in [0.25, 0.3) is 0 Å². The molecule has 4 rings (SSSR count). The number of rotatable bonds is 4. The maximum absolute atomic E-state index is 12.8. The second-order valence-corrected chi connectivity index (χ2v) is 8.92. The van der Waals surface area contributed by atoms with Crippen LogP contribution in [0.5, 0.6) is 0 Å². The van der Waals surface area contributed by atoms with Gasteiger partial charge >= 0.3 is 6.18 Å². The molecule has 2 saturated heterocycles. The number of nitrogens with zero attached hydrogens (tertiary/aromatic N) is 1. The molecular formula is C22H23F3N2O2S. The average molecular weight is 436 g/mol. The zero-order valence-corrected chi connectivity index (χ0v) is 17.1. The quantitative estimate of drug-likeness (QED) is 0.681. The Kier molecular flexibility index (Phi) is 5.83. The van der Waals surface area contributed by atoms with Crippen LogP contribution in [0.15, 0.2) is 48.5 Å². The van der Waals surface area contributed by atoms with Crippen LogP contribution in [0, 0.1) is 0 Å². The van der Waals surface area contributed by atoms with Crippen molar-refractivity contribution in [2.45, 2.75) is 29.7 Å². The average Bonchev–Trinajstić information content (AvgIpc) is 2.73. The smallest absolute Gasteiger partial charge is 0.339 e. The third-order valence-electron chi connectivity index (χ3n) is 6.15. The second kappa shape index (κ2) is 8.24. The van der Waals surface area contributed by atoms with Gasteiger partial charge in [0.2, 0.25) is 0 Å². The van der Waals surface area contributed by atoms with Gasteiger partial charge in [0.1, 0.15) is 0 Å². The van der Waals surface area contributed by atoms with E-state index in [1.54, 1.807) is 29.2 Å². The highest BCUT2D eigenvalue weighted by Crippen LogP contribution is 2.38. The molecule has 0 saturated carbocycles. The van der Waals surface area contributed by atoms with E-state index >= 15 is 0 Å². The molecule has 0 spiro atoms. The van der Waals surface area contributed by atoms with E-state index in [0.29, 0.717) is 31.7 Å². The maximum atomic E-state index is 12.8. The van der Waals surface area contributed by atoms with Gasteiger partial charge in [-0.05, 0) is 54.2 Å². The van der Waals surface area contributed by atoms with Crippen molar-refractivity contribution in [3.63, 3.8) is 0 Å². The zero-order chi connectivity index (χ0) is 21.4. The minimum absolute atomic E-state index is 0.0372. The summed E-state index contributed by atoms with van der Waals surface area (Å²) in [6.07, 6.45) is -2.87. The molecule has 0 atom stereocenters. The number of amides is 1. The molecule has 2 aromatic rings. The van der Waals surface area contributed by atoms with Crippen molar-refractivity contribution in [1.29, 1.82) is 0 Å². The van der Waals surface area contributed by atoms with E-state index in [4.69, 9.17) is 0 Å². The maximum Gasteiger partial charge on any atom is 0.416 e. The molecule has 0 radical (unpaired) electrons. The number of nitrogens with one attached hydrogen (secondary N) is 1. The largest absolute Gasteiger partial charge is 0.416 e. The van der Waals surface area contributed by atoms with Gasteiger partial charge in [0.05, 0.1) is 10.3 Å². The van der Waals surface area contributed by atoms with Gasteiger partial charge in [0, 0.05) is 43.8 Å². The van der Waals surface area contributed by atoms with Crippen molar-refractivity contribution < 1.29 is 22.5 Å². The number of benzene rings is 2. The van der Waals surface area contributed by atoms with E-state index in [-0.39, 0.29) is 16.6 Å². The summed E-state index contributed by atoms with van der Waals surface area (Å²) in [5.74, 6) is 0.121. The Balaban J connectivity index is 1.36. The first-order valence-corrected chi connectivity index (χ1v) is 10.7. The molecule has 2 fully saturated rings. The lowest BCUT2D eigenvalue weighted by Crippen LogP contribution is -2.54. The van der Waals surface area contributed by atoms with Crippen LogP contribution in [0.2, 0.25) is 0 Å². The molecule has 4 nitrogen and oxygen atoms in total. The topological polar surface area (TPSA) is 52.6 Å². The van der Waals surface area contributed by atoms with Crippen LogP contribution >= 0.6 is 12.0 Å². The molecule has 160 valence electrons. The summed E-state index contributed by atoms with van der Waals surface area (Å²) in [4.78, 5) is 14.6. The van der Waals surface area contributed by atoms with Gasteiger partial charge < -0.3 is 14.8 Å². The van der Waals surface area contributed by atoms with E-state index < -0.39 is 11.7 Å². The number of carbonyl (C=O) groups is 1. The van der Waals surface area contributed by atoms with E-state index in [9.17, 15) is 22.5 Å². The number of halogens is 3. The van der Waals surface area contributed by atoms with E-state index in [0.717, 1.165) is 48.1 Å².